The first-order chi connectivity index (χ1) is 9.38. The maximum atomic E-state index is 12.3. The normalized spacial score (nSPS) is 28.9. The first-order valence-electron chi connectivity index (χ1n) is 7.65. The third kappa shape index (κ3) is 3.72. The molecular weight excluding hydrogens is 256 g/mol. The molecule has 2 saturated heterocycles. The van der Waals surface area contributed by atoms with E-state index < -0.39 is 5.60 Å². The number of amides is 1. The van der Waals surface area contributed by atoms with E-state index >= 15 is 0 Å². The zero-order valence-electron chi connectivity index (χ0n) is 12.8. The fourth-order valence-electron chi connectivity index (χ4n) is 3.02. The van der Waals surface area contributed by atoms with Gasteiger partial charge in [0.05, 0.1) is 6.04 Å². The van der Waals surface area contributed by atoms with Crippen molar-refractivity contribution in [3.63, 3.8) is 0 Å². The summed E-state index contributed by atoms with van der Waals surface area (Å²) in [5.74, 6) is -0.120. The fourth-order valence-corrected chi connectivity index (χ4v) is 3.02. The summed E-state index contributed by atoms with van der Waals surface area (Å²) in [6, 6.07) is -0.430. The summed E-state index contributed by atoms with van der Waals surface area (Å²) in [6.45, 7) is 7.19. The molecule has 0 radical (unpaired) electrons. The second kappa shape index (κ2) is 6.12. The van der Waals surface area contributed by atoms with Crippen LogP contribution in [-0.4, -0.2) is 47.6 Å². The molecular formula is C15H26N2O3. The summed E-state index contributed by atoms with van der Waals surface area (Å²) < 4.78 is 5.50. The van der Waals surface area contributed by atoms with Gasteiger partial charge in [-0.25, -0.2) is 0 Å². The van der Waals surface area contributed by atoms with E-state index in [0.29, 0.717) is 0 Å². The standard InChI is InChI=1S/C15H26N2O3/c1-15(2,3)20-14(19)12-8-6-10-17(12)11-7-4-5-9-16-13(11)18/h11-12H,4-10H2,1-3H3,(H,16,18)/t11?,12-/m0/s1. The van der Waals surface area contributed by atoms with Crippen LogP contribution in [0.3, 0.4) is 0 Å². The molecule has 0 bridgehead atoms. The van der Waals surface area contributed by atoms with Gasteiger partial charge in [-0.2, -0.15) is 0 Å². The molecule has 5 heteroatoms. The Morgan fingerprint density at radius 2 is 2.00 bits per heavy atom. The first kappa shape index (κ1) is 15.3. The molecule has 1 unspecified atom stereocenters. The third-order valence-corrected chi connectivity index (χ3v) is 3.88. The number of rotatable bonds is 2. The van der Waals surface area contributed by atoms with E-state index in [1.807, 2.05) is 20.8 Å². The second-order valence-electron chi connectivity index (χ2n) is 6.73. The van der Waals surface area contributed by atoms with Crippen LogP contribution in [-0.2, 0) is 14.3 Å². The van der Waals surface area contributed by atoms with Crippen LogP contribution in [0.2, 0.25) is 0 Å². The van der Waals surface area contributed by atoms with Gasteiger partial charge in [0.25, 0.3) is 0 Å². The molecule has 114 valence electrons. The Balaban J connectivity index is 2.06. The molecule has 0 saturated carbocycles. The Bertz CT molecular complexity index is 376. The van der Waals surface area contributed by atoms with Gasteiger partial charge in [0.2, 0.25) is 5.91 Å². The molecule has 2 rings (SSSR count). The molecule has 5 nitrogen and oxygen atoms in total. The van der Waals surface area contributed by atoms with Crippen molar-refractivity contribution in [2.45, 2.75) is 70.6 Å². The molecule has 0 aromatic heterocycles. The molecule has 20 heavy (non-hydrogen) atoms. The summed E-state index contributed by atoms with van der Waals surface area (Å²) in [4.78, 5) is 26.5. The molecule has 0 spiro atoms. The molecule has 2 aliphatic rings. The van der Waals surface area contributed by atoms with Crippen molar-refractivity contribution in [3.8, 4) is 0 Å². The van der Waals surface area contributed by atoms with Crippen LogP contribution in [0, 0.1) is 0 Å². The Morgan fingerprint density at radius 3 is 2.70 bits per heavy atom. The third-order valence-electron chi connectivity index (χ3n) is 3.88. The largest absolute Gasteiger partial charge is 0.459 e. The van der Waals surface area contributed by atoms with Gasteiger partial charge in [-0.05, 0) is 59.4 Å². The molecule has 0 aromatic rings. The average Bonchev–Trinajstić information content (AvgIpc) is 2.71. The Labute approximate surface area is 121 Å². The Kier molecular flexibility index (Phi) is 4.68. The number of nitrogens with zero attached hydrogens (tertiary/aromatic N) is 1. The number of esters is 1. The highest BCUT2D eigenvalue weighted by atomic mass is 16.6. The lowest BCUT2D eigenvalue weighted by Gasteiger charge is -2.31. The van der Waals surface area contributed by atoms with Crippen molar-refractivity contribution in [2.24, 2.45) is 0 Å². The fraction of sp³-hybridized carbons (Fsp3) is 0.867. The van der Waals surface area contributed by atoms with E-state index in [-0.39, 0.29) is 24.0 Å². The number of hydrogen-bond donors (Lipinski definition) is 1. The highest BCUT2D eigenvalue weighted by Crippen LogP contribution is 2.26. The Hall–Kier alpha value is -1.10. The topological polar surface area (TPSA) is 58.6 Å². The van der Waals surface area contributed by atoms with Gasteiger partial charge in [0.15, 0.2) is 0 Å². The van der Waals surface area contributed by atoms with Crippen LogP contribution >= 0.6 is 0 Å². The van der Waals surface area contributed by atoms with E-state index in [4.69, 9.17) is 4.74 Å². The van der Waals surface area contributed by atoms with Crippen molar-refractivity contribution in [2.75, 3.05) is 13.1 Å². The number of carbonyl (C=O) groups excluding carboxylic acids is 2. The molecule has 2 atom stereocenters. The quantitative estimate of drug-likeness (QED) is 0.779. The van der Waals surface area contributed by atoms with E-state index in [2.05, 4.69) is 10.2 Å². The van der Waals surface area contributed by atoms with Crippen LogP contribution < -0.4 is 5.32 Å². The van der Waals surface area contributed by atoms with E-state index in [0.717, 1.165) is 45.2 Å². The van der Waals surface area contributed by atoms with Gasteiger partial charge in [0, 0.05) is 6.54 Å². The van der Waals surface area contributed by atoms with Crippen LogP contribution in [0.4, 0.5) is 0 Å². The van der Waals surface area contributed by atoms with Crippen LogP contribution in [0.25, 0.3) is 0 Å². The maximum absolute atomic E-state index is 12.3. The molecule has 1 amide bonds. The predicted molar refractivity (Wildman–Crippen MR) is 76.2 cm³/mol. The van der Waals surface area contributed by atoms with Gasteiger partial charge in [-0.15, -0.1) is 0 Å². The van der Waals surface area contributed by atoms with E-state index in [9.17, 15) is 9.59 Å². The molecule has 1 N–H and O–H groups in total. The molecule has 2 fully saturated rings. The van der Waals surface area contributed by atoms with Crippen LogP contribution in [0.15, 0.2) is 0 Å². The second-order valence-corrected chi connectivity index (χ2v) is 6.73. The SMILES string of the molecule is CC(C)(C)OC(=O)[C@@H]1CCCN1C1CCCCNC1=O. The highest BCUT2D eigenvalue weighted by molar-refractivity contribution is 5.84. The minimum absolute atomic E-state index is 0.0676. The summed E-state index contributed by atoms with van der Waals surface area (Å²) in [7, 11) is 0. The van der Waals surface area contributed by atoms with Crippen molar-refractivity contribution in [1.82, 2.24) is 10.2 Å². The van der Waals surface area contributed by atoms with Crippen molar-refractivity contribution < 1.29 is 14.3 Å². The van der Waals surface area contributed by atoms with Crippen molar-refractivity contribution in [1.29, 1.82) is 0 Å². The zero-order valence-corrected chi connectivity index (χ0v) is 12.8. The van der Waals surface area contributed by atoms with Gasteiger partial charge < -0.3 is 10.1 Å². The van der Waals surface area contributed by atoms with Gasteiger partial charge in [-0.1, -0.05) is 0 Å². The predicted octanol–water partition coefficient (Wildman–Crippen LogP) is 1.46. The molecule has 2 aliphatic heterocycles. The first-order valence-corrected chi connectivity index (χ1v) is 7.65. The summed E-state index contributed by atoms with van der Waals surface area (Å²) in [5, 5.41) is 2.95. The minimum atomic E-state index is -0.475. The monoisotopic (exact) mass is 282 g/mol. The number of nitrogens with one attached hydrogen (secondary N) is 1. The number of likely N-dealkylation sites (tertiary alicyclic amines) is 1. The maximum Gasteiger partial charge on any atom is 0.323 e. The van der Waals surface area contributed by atoms with Crippen molar-refractivity contribution in [3.05, 3.63) is 0 Å². The summed E-state index contributed by atoms with van der Waals surface area (Å²) >= 11 is 0. The van der Waals surface area contributed by atoms with Gasteiger partial charge in [-0.3, -0.25) is 14.5 Å². The zero-order chi connectivity index (χ0) is 14.8. The molecule has 0 aliphatic carbocycles. The van der Waals surface area contributed by atoms with Crippen LogP contribution in [0.1, 0.15) is 52.9 Å². The smallest absolute Gasteiger partial charge is 0.323 e. The average molecular weight is 282 g/mol. The highest BCUT2D eigenvalue weighted by Gasteiger charge is 2.40. The Morgan fingerprint density at radius 1 is 1.25 bits per heavy atom. The van der Waals surface area contributed by atoms with Crippen molar-refractivity contribution >= 4 is 11.9 Å². The number of carbonyl (C=O) groups is 2. The lowest BCUT2D eigenvalue weighted by Crippen LogP contribution is -2.51. The van der Waals surface area contributed by atoms with Gasteiger partial charge in [0.1, 0.15) is 11.6 Å². The van der Waals surface area contributed by atoms with Crippen LogP contribution in [0.5, 0.6) is 0 Å². The minimum Gasteiger partial charge on any atom is -0.459 e. The number of hydrogen-bond acceptors (Lipinski definition) is 4. The number of ether oxygens (including phenoxy) is 1. The van der Waals surface area contributed by atoms with Gasteiger partial charge >= 0.3 is 5.97 Å². The lowest BCUT2D eigenvalue weighted by molar-refractivity contribution is -0.161. The summed E-state index contributed by atoms with van der Waals surface area (Å²) in [5.41, 5.74) is -0.475. The van der Waals surface area contributed by atoms with E-state index in [1.54, 1.807) is 0 Å². The molecule has 2 heterocycles. The summed E-state index contributed by atoms with van der Waals surface area (Å²) in [6.07, 6.45) is 4.63. The lowest BCUT2D eigenvalue weighted by atomic mass is 10.1. The van der Waals surface area contributed by atoms with E-state index in [1.165, 1.54) is 0 Å². The molecule has 0 aromatic carbocycles.